The lowest BCUT2D eigenvalue weighted by molar-refractivity contribution is 0.254. The summed E-state index contributed by atoms with van der Waals surface area (Å²) in [4.78, 5) is 27.3. The lowest BCUT2D eigenvalue weighted by Crippen LogP contribution is -2.45. The molecule has 7 nitrogen and oxygen atoms in total. The summed E-state index contributed by atoms with van der Waals surface area (Å²) in [5.74, 6) is 0. The number of nitrogens with zero attached hydrogens (tertiary/aromatic N) is 2. The van der Waals surface area contributed by atoms with Gasteiger partial charge in [0.05, 0.1) is 11.1 Å². The smallest absolute Gasteiger partial charge is 0.317 e. The highest BCUT2D eigenvalue weighted by molar-refractivity contribution is 6.04. The van der Waals surface area contributed by atoms with E-state index in [4.69, 9.17) is 0 Å². The van der Waals surface area contributed by atoms with Gasteiger partial charge < -0.3 is 10.6 Å². The molecule has 1 aromatic heterocycles. The number of carbonyl (C=O) groups is 1. The van der Waals surface area contributed by atoms with E-state index in [-0.39, 0.29) is 17.0 Å². The zero-order valence-corrected chi connectivity index (χ0v) is 18.7. The molecule has 2 aliphatic heterocycles. The highest BCUT2D eigenvalue weighted by atomic mass is 16.2. The lowest BCUT2D eigenvalue weighted by Gasteiger charge is -2.34. The number of hydrogen-bond donors (Lipinski definition) is 3. The molecule has 1 spiro atoms. The predicted octanol–water partition coefficient (Wildman–Crippen LogP) is 4.26. The molecular weight excluding hydrogens is 426 g/mol. The number of rotatable bonds is 2. The first-order valence-electron chi connectivity index (χ1n) is 11.6. The maximum atomic E-state index is 13.3. The second kappa shape index (κ2) is 8.11. The number of carbonyl (C=O) groups excluding carboxylic acids is 1. The van der Waals surface area contributed by atoms with E-state index in [2.05, 4.69) is 33.0 Å². The summed E-state index contributed by atoms with van der Waals surface area (Å²) in [6.45, 7) is 2.64. The number of piperidine rings is 1. The van der Waals surface area contributed by atoms with Crippen LogP contribution in [-0.4, -0.2) is 35.9 Å². The van der Waals surface area contributed by atoms with Crippen LogP contribution in [0.4, 0.5) is 16.2 Å². The number of H-pyrrole nitrogens is 1. The number of aromatic nitrogens is 2. The molecule has 0 saturated carbocycles. The van der Waals surface area contributed by atoms with Crippen molar-refractivity contribution in [2.75, 3.05) is 29.9 Å². The van der Waals surface area contributed by atoms with Crippen LogP contribution in [0.2, 0.25) is 0 Å². The fraction of sp³-hybridized carbons (Fsp3) is 0.222. The summed E-state index contributed by atoms with van der Waals surface area (Å²) in [6.07, 6.45) is 2.06. The van der Waals surface area contributed by atoms with E-state index < -0.39 is 0 Å². The molecule has 1 fully saturated rings. The van der Waals surface area contributed by atoms with Crippen molar-refractivity contribution in [2.45, 2.75) is 18.3 Å². The van der Waals surface area contributed by atoms with E-state index in [0.29, 0.717) is 23.3 Å². The zero-order chi connectivity index (χ0) is 23.1. The fourth-order valence-electron chi connectivity index (χ4n) is 5.38. The van der Waals surface area contributed by atoms with Crippen LogP contribution in [0.3, 0.4) is 0 Å². The standard InChI is InChI=1S/C27H25N5O2/c33-25-21-6-2-1-5-20(21)24(30-31-25)18-9-11-19(12-10-18)29-26(34)32-17-27(13-15-28-16-14-27)22-7-3-4-8-23(22)32/h1-12,28H,13-17H2,(H,29,34)(H,31,33). The van der Waals surface area contributed by atoms with Gasteiger partial charge in [0.1, 0.15) is 0 Å². The molecule has 34 heavy (non-hydrogen) atoms. The summed E-state index contributed by atoms with van der Waals surface area (Å²) in [7, 11) is 0. The van der Waals surface area contributed by atoms with Crippen molar-refractivity contribution in [3.8, 4) is 11.3 Å². The predicted molar refractivity (Wildman–Crippen MR) is 134 cm³/mol. The largest absolute Gasteiger partial charge is 0.326 e. The number of aromatic amines is 1. The molecule has 170 valence electrons. The molecule has 2 amide bonds. The van der Waals surface area contributed by atoms with Gasteiger partial charge in [-0.25, -0.2) is 9.89 Å². The summed E-state index contributed by atoms with van der Waals surface area (Å²) in [6, 6.07) is 23.1. The molecule has 3 N–H and O–H groups in total. The zero-order valence-electron chi connectivity index (χ0n) is 18.7. The second-order valence-corrected chi connectivity index (χ2v) is 9.09. The van der Waals surface area contributed by atoms with Crippen molar-refractivity contribution in [3.05, 3.63) is 88.7 Å². The van der Waals surface area contributed by atoms with E-state index in [1.54, 1.807) is 6.07 Å². The Balaban J connectivity index is 1.25. The van der Waals surface area contributed by atoms with Crippen LogP contribution in [0.1, 0.15) is 18.4 Å². The van der Waals surface area contributed by atoms with Gasteiger partial charge in [-0.2, -0.15) is 5.10 Å². The Morgan fingerprint density at radius 3 is 2.41 bits per heavy atom. The molecule has 0 aliphatic carbocycles. The Morgan fingerprint density at radius 2 is 1.62 bits per heavy atom. The van der Waals surface area contributed by atoms with Crippen molar-refractivity contribution in [1.82, 2.24) is 15.5 Å². The number of hydrogen-bond acceptors (Lipinski definition) is 4. The fourth-order valence-corrected chi connectivity index (χ4v) is 5.38. The molecule has 3 heterocycles. The van der Waals surface area contributed by atoms with E-state index in [0.717, 1.165) is 42.6 Å². The van der Waals surface area contributed by atoms with Gasteiger partial charge in [-0.05, 0) is 55.8 Å². The molecule has 7 heteroatoms. The number of nitrogens with one attached hydrogen (secondary N) is 3. The van der Waals surface area contributed by atoms with Gasteiger partial charge in [0.15, 0.2) is 0 Å². The highest BCUT2D eigenvalue weighted by Crippen LogP contribution is 2.46. The summed E-state index contributed by atoms with van der Waals surface area (Å²) < 4.78 is 0. The number of benzene rings is 3. The van der Waals surface area contributed by atoms with E-state index >= 15 is 0 Å². The van der Waals surface area contributed by atoms with Gasteiger partial charge in [0, 0.05) is 34.3 Å². The second-order valence-electron chi connectivity index (χ2n) is 9.09. The van der Waals surface area contributed by atoms with Crippen molar-refractivity contribution < 1.29 is 4.79 Å². The van der Waals surface area contributed by atoms with Gasteiger partial charge in [-0.1, -0.05) is 48.5 Å². The lowest BCUT2D eigenvalue weighted by atomic mass is 9.75. The molecule has 1 saturated heterocycles. The topological polar surface area (TPSA) is 90.1 Å². The molecule has 0 atom stereocenters. The van der Waals surface area contributed by atoms with Gasteiger partial charge in [0.2, 0.25) is 0 Å². The van der Waals surface area contributed by atoms with Crippen LogP contribution in [0, 0.1) is 0 Å². The van der Waals surface area contributed by atoms with Crippen LogP contribution < -0.4 is 21.1 Å². The minimum atomic E-state index is -0.208. The Morgan fingerprint density at radius 1 is 0.912 bits per heavy atom. The van der Waals surface area contributed by atoms with Crippen molar-refractivity contribution in [3.63, 3.8) is 0 Å². The summed E-state index contributed by atoms with van der Waals surface area (Å²) in [5, 5.41) is 14.7. The van der Waals surface area contributed by atoms with Crippen molar-refractivity contribution >= 4 is 28.2 Å². The Kier molecular flexibility index (Phi) is 4.92. The van der Waals surface area contributed by atoms with E-state index in [1.165, 1.54) is 5.56 Å². The first-order chi connectivity index (χ1) is 16.6. The SMILES string of the molecule is O=C(Nc1ccc(-c2n[nH]c(=O)c3ccccc23)cc1)N1CC2(CCNCC2)c2ccccc21. The van der Waals surface area contributed by atoms with Crippen molar-refractivity contribution in [2.24, 2.45) is 0 Å². The average molecular weight is 452 g/mol. The van der Waals surface area contributed by atoms with Crippen LogP contribution in [0.25, 0.3) is 22.0 Å². The minimum Gasteiger partial charge on any atom is -0.317 e. The number of anilines is 2. The molecule has 0 bridgehead atoms. The monoisotopic (exact) mass is 451 g/mol. The van der Waals surface area contributed by atoms with Crippen molar-refractivity contribution in [1.29, 1.82) is 0 Å². The number of fused-ring (bicyclic) bond motifs is 3. The molecule has 3 aromatic carbocycles. The number of urea groups is 1. The van der Waals surface area contributed by atoms with Crippen LogP contribution in [0.15, 0.2) is 77.6 Å². The number of para-hydroxylation sites is 1. The molecular formula is C27H25N5O2. The van der Waals surface area contributed by atoms with E-state index in [1.807, 2.05) is 59.5 Å². The van der Waals surface area contributed by atoms with Gasteiger partial charge in [0.25, 0.3) is 5.56 Å². The Hall–Kier alpha value is -3.97. The average Bonchev–Trinajstić information content (AvgIpc) is 3.19. The van der Waals surface area contributed by atoms with E-state index in [9.17, 15) is 9.59 Å². The third kappa shape index (κ3) is 3.36. The maximum absolute atomic E-state index is 13.3. The molecule has 4 aromatic rings. The Bertz CT molecular complexity index is 1440. The maximum Gasteiger partial charge on any atom is 0.326 e. The first kappa shape index (κ1) is 20.6. The summed E-state index contributed by atoms with van der Waals surface area (Å²) >= 11 is 0. The van der Waals surface area contributed by atoms with Gasteiger partial charge in [-0.15, -0.1) is 0 Å². The highest BCUT2D eigenvalue weighted by Gasteiger charge is 2.45. The van der Waals surface area contributed by atoms with Crippen LogP contribution in [-0.2, 0) is 5.41 Å². The van der Waals surface area contributed by atoms with Crippen LogP contribution in [0.5, 0.6) is 0 Å². The quantitative estimate of drug-likeness (QED) is 0.425. The van der Waals surface area contributed by atoms with Gasteiger partial charge in [-0.3, -0.25) is 9.69 Å². The van der Waals surface area contributed by atoms with Crippen LogP contribution >= 0.6 is 0 Å². The normalized spacial score (nSPS) is 16.5. The molecule has 0 unspecified atom stereocenters. The Labute approximate surface area is 196 Å². The third-order valence-electron chi connectivity index (χ3n) is 7.14. The molecule has 0 radical (unpaired) electrons. The number of amides is 2. The molecule has 6 rings (SSSR count). The summed E-state index contributed by atoms with van der Waals surface area (Å²) in [5.41, 5.74) is 4.38. The first-order valence-corrected chi connectivity index (χ1v) is 11.6. The van der Waals surface area contributed by atoms with Gasteiger partial charge >= 0.3 is 6.03 Å². The minimum absolute atomic E-state index is 0.0278. The third-order valence-corrected chi connectivity index (χ3v) is 7.14. The molecule has 2 aliphatic rings.